The molecule has 1 aliphatic rings. The molecule has 3 N–H and O–H groups in total. The third-order valence-electron chi connectivity index (χ3n) is 3.45. The summed E-state index contributed by atoms with van der Waals surface area (Å²) < 4.78 is 2.38. The van der Waals surface area contributed by atoms with Crippen molar-refractivity contribution in [1.82, 2.24) is 9.88 Å². The number of nitrogen functional groups attached to an aromatic ring is 1. The van der Waals surface area contributed by atoms with Gasteiger partial charge in [-0.1, -0.05) is 6.07 Å². The van der Waals surface area contributed by atoms with Gasteiger partial charge in [-0.15, -0.1) is 0 Å². The molecule has 1 aromatic carbocycles. The topological polar surface area (TPSA) is 43.0 Å². The van der Waals surface area contributed by atoms with Crippen molar-refractivity contribution in [1.29, 1.82) is 0 Å². The monoisotopic (exact) mass is 215 g/mol. The van der Waals surface area contributed by atoms with Crippen molar-refractivity contribution in [2.24, 2.45) is 0 Å². The average Bonchev–Trinajstić information content (AvgIpc) is 2.73. The molecule has 0 unspecified atom stereocenters. The summed E-state index contributed by atoms with van der Waals surface area (Å²) in [6.07, 6.45) is 4.61. The van der Waals surface area contributed by atoms with Crippen LogP contribution < -0.4 is 11.1 Å². The number of aromatic nitrogens is 1. The molecule has 2 heterocycles. The van der Waals surface area contributed by atoms with Crippen LogP contribution in [-0.4, -0.2) is 17.7 Å². The standard InChI is InChI=1S/C13H17N3/c14-11-2-1-10-5-8-16(13(10)9-11)12-3-6-15-7-4-12/h1-2,5,8-9,12,15H,3-4,6-7,14H2. The number of benzene rings is 1. The van der Waals surface area contributed by atoms with Gasteiger partial charge in [0.15, 0.2) is 0 Å². The second-order valence-corrected chi connectivity index (χ2v) is 4.52. The van der Waals surface area contributed by atoms with E-state index in [1.807, 2.05) is 6.07 Å². The molecule has 3 heteroatoms. The number of nitrogens with zero attached hydrogens (tertiary/aromatic N) is 1. The molecule has 84 valence electrons. The van der Waals surface area contributed by atoms with Crippen LogP contribution in [0.3, 0.4) is 0 Å². The van der Waals surface area contributed by atoms with Crippen LogP contribution in [0, 0.1) is 0 Å². The Morgan fingerprint density at radius 1 is 1.19 bits per heavy atom. The van der Waals surface area contributed by atoms with Gasteiger partial charge in [-0.2, -0.15) is 0 Å². The van der Waals surface area contributed by atoms with Crippen molar-refractivity contribution < 1.29 is 0 Å². The molecule has 1 saturated heterocycles. The maximum absolute atomic E-state index is 5.86. The van der Waals surface area contributed by atoms with Crippen LogP contribution in [0.15, 0.2) is 30.5 Å². The molecule has 0 aliphatic carbocycles. The molecule has 1 aromatic heterocycles. The Bertz CT molecular complexity index is 495. The van der Waals surface area contributed by atoms with Crippen molar-refractivity contribution in [3.63, 3.8) is 0 Å². The van der Waals surface area contributed by atoms with Crippen LogP contribution in [0.2, 0.25) is 0 Å². The molecule has 16 heavy (non-hydrogen) atoms. The Balaban J connectivity index is 2.05. The maximum Gasteiger partial charge on any atom is 0.0503 e. The van der Waals surface area contributed by atoms with E-state index < -0.39 is 0 Å². The Labute approximate surface area is 95.2 Å². The number of piperidine rings is 1. The Kier molecular flexibility index (Phi) is 2.33. The van der Waals surface area contributed by atoms with Gasteiger partial charge < -0.3 is 15.6 Å². The van der Waals surface area contributed by atoms with Crippen LogP contribution in [0.25, 0.3) is 10.9 Å². The lowest BCUT2D eigenvalue weighted by molar-refractivity contribution is 0.376. The summed E-state index contributed by atoms with van der Waals surface area (Å²) in [5.41, 5.74) is 7.97. The first-order valence-corrected chi connectivity index (χ1v) is 5.91. The SMILES string of the molecule is Nc1ccc2ccn(C3CCNCC3)c2c1. The van der Waals surface area contributed by atoms with Gasteiger partial charge in [0, 0.05) is 17.9 Å². The zero-order chi connectivity index (χ0) is 11.0. The zero-order valence-corrected chi connectivity index (χ0v) is 9.32. The van der Waals surface area contributed by atoms with Gasteiger partial charge in [0.1, 0.15) is 0 Å². The summed E-state index contributed by atoms with van der Waals surface area (Å²) in [5, 5.41) is 4.68. The highest BCUT2D eigenvalue weighted by Gasteiger charge is 2.15. The van der Waals surface area contributed by atoms with Gasteiger partial charge in [-0.05, 0) is 49.5 Å². The minimum Gasteiger partial charge on any atom is -0.399 e. The first-order valence-electron chi connectivity index (χ1n) is 5.91. The zero-order valence-electron chi connectivity index (χ0n) is 9.32. The van der Waals surface area contributed by atoms with Gasteiger partial charge in [0.2, 0.25) is 0 Å². The van der Waals surface area contributed by atoms with Crippen molar-refractivity contribution in [3.8, 4) is 0 Å². The second kappa shape index (κ2) is 3.83. The number of fused-ring (bicyclic) bond motifs is 1. The predicted molar refractivity (Wildman–Crippen MR) is 67.5 cm³/mol. The Morgan fingerprint density at radius 2 is 2.00 bits per heavy atom. The van der Waals surface area contributed by atoms with E-state index in [1.165, 1.54) is 23.7 Å². The van der Waals surface area contributed by atoms with Gasteiger partial charge in [-0.3, -0.25) is 0 Å². The molecule has 3 rings (SSSR count). The summed E-state index contributed by atoms with van der Waals surface area (Å²) in [6.45, 7) is 2.24. The van der Waals surface area contributed by atoms with Gasteiger partial charge in [0.05, 0.1) is 5.52 Å². The van der Waals surface area contributed by atoms with Crippen molar-refractivity contribution >= 4 is 16.6 Å². The predicted octanol–water partition coefficient (Wildman–Crippen LogP) is 2.15. The molecule has 0 atom stereocenters. The van der Waals surface area contributed by atoms with E-state index in [-0.39, 0.29) is 0 Å². The number of hydrogen-bond donors (Lipinski definition) is 2. The summed E-state index contributed by atoms with van der Waals surface area (Å²) in [6, 6.07) is 8.95. The highest BCUT2D eigenvalue weighted by molar-refractivity contribution is 5.83. The third-order valence-corrected chi connectivity index (χ3v) is 3.45. The lowest BCUT2D eigenvalue weighted by Crippen LogP contribution is -2.29. The van der Waals surface area contributed by atoms with Gasteiger partial charge >= 0.3 is 0 Å². The molecule has 2 aromatic rings. The van der Waals surface area contributed by atoms with Crippen LogP contribution in [-0.2, 0) is 0 Å². The maximum atomic E-state index is 5.86. The van der Waals surface area contributed by atoms with Crippen LogP contribution in [0.1, 0.15) is 18.9 Å². The average molecular weight is 215 g/mol. The van der Waals surface area contributed by atoms with Crippen LogP contribution in [0.4, 0.5) is 5.69 Å². The first kappa shape index (κ1) is 9.73. The molecule has 3 nitrogen and oxygen atoms in total. The first-order chi connectivity index (χ1) is 7.84. The van der Waals surface area contributed by atoms with E-state index in [9.17, 15) is 0 Å². The lowest BCUT2D eigenvalue weighted by Gasteiger charge is -2.25. The Hall–Kier alpha value is -1.48. The Morgan fingerprint density at radius 3 is 2.81 bits per heavy atom. The fraction of sp³-hybridized carbons (Fsp3) is 0.385. The highest BCUT2D eigenvalue weighted by atomic mass is 15.0. The lowest BCUT2D eigenvalue weighted by atomic mass is 10.1. The quantitative estimate of drug-likeness (QED) is 0.716. The van der Waals surface area contributed by atoms with Crippen LogP contribution in [0.5, 0.6) is 0 Å². The largest absolute Gasteiger partial charge is 0.399 e. The van der Waals surface area contributed by atoms with E-state index >= 15 is 0 Å². The minimum atomic E-state index is 0.626. The van der Waals surface area contributed by atoms with E-state index in [0.29, 0.717) is 6.04 Å². The van der Waals surface area contributed by atoms with E-state index in [0.717, 1.165) is 18.8 Å². The number of anilines is 1. The molecule has 0 radical (unpaired) electrons. The number of rotatable bonds is 1. The normalized spacial score (nSPS) is 18.0. The number of nitrogens with two attached hydrogens (primary N) is 1. The minimum absolute atomic E-state index is 0.626. The summed E-state index contributed by atoms with van der Waals surface area (Å²) in [5.74, 6) is 0. The second-order valence-electron chi connectivity index (χ2n) is 4.52. The number of hydrogen-bond acceptors (Lipinski definition) is 2. The smallest absolute Gasteiger partial charge is 0.0503 e. The molecule has 1 aliphatic heterocycles. The van der Waals surface area contributed by atoms with E-state index in [1.54, 1.807) is 0 Å². The summed E-state index contributed by atoms with van der Waals surface area (Å²) in [4.78, 5) is 0. The molecule has 0 saturated carbocycles. The van der Waals surface area contributed by atoms with E-state index in [4.69, 9.17) is 5.73 Å². The fourth-order valence-electron chi connectivity index (χ4n) is 2.57. The van der Waals surface area contributed by atoms with Gasteiger partial charge in [-0.25, -0.2) is 0 Å². The molecule has 0 spiro atoms. The summed E-state index contributed by atoms with van der Waals surface area (Å²) in [7, 11) is 0. The number of nitrogens with one attached hydrogen (secondary N) is 1. The van der Waals surface area contributed by atoms with Gasteiger partial charge in [0.25, 0.3) is 0 Å². The summed E-state index contributed by atoms with van der Waals surface area (Å²) >= 11 is 0. The van der Waals surface area contributed by atoms with Crippen molar-refractivity contribution in [2.45, 2.75) is 18.9 Å². The fourth-order valence-corrected chi connectivity index (χ4v) is 2.57. The van der Waals surface area contributed by atoms with Crippen molar-refractivity contribution in [3.05, 3.63) is 30.5 Å². The molecular weight excluding hydrogens is 198 g/mol. The van der Waals surface area contributed by atoms with Crippen molar-refractivity contribution in [2.75, 3.05) is 18.8 Å². The highest BCUT2D eigenvalue weighted by Crippen LogP contribution is 2.26. The molecule has 1 fully saturated rings. The van der Waals surface area contributed by atoms with E-state index in [2.05, 4.69) is 34.3 Å². The molecular formula is C13H17N3. The molecule has 0 amide bonds. The molecule has 0 bridgehead atoms. The van der Waals surface area contributed by atoms with Crippen LogP contribution >= 0.6 is 0 Å². The third kappa shape index (κ3) is 1.57.